The van der Waals surface area contributed by atoms with Crippen molar-refractivity contribution in [3.05, 3.63) is 71.4 Å². The molecule has 2 heterocycles. The number of nitrogens with one attached hydrogen (secondary N) is 1. The van der Waals surface area contributed by atoms with Gasteiger partial charge in [-0.3, -0.25) is 9.69 Å². The molecule has 0 unspecified atom stereocenters. The molecule has 0 atom stereocenters. The quantitative estimate of drug-likeness (QED) is 0.549. The highest BCUT2D eigenvalue weighted by Gasteiger charge is 2.19. The Morgan fingerprint density at radius 3 is 2.58 bits per heavy atom. The third-order valence-electron chi connectivity index (χ3n) is 5.47. The van der Waals surface area contributed by atoms with Crippen molar-refractivity contribution in [2.45, 2.75) is 13.0 Å². The molecule has 7 heteroatoms. The topological polar surface area (TPSA) is 77.8 Å². The van der Waals surface area contributed by atoms with Crippen molar-refractivity contribution in [3.8, 4) is 17.6 Å². The predicted molar refractivity (Wildman–Crippen MR) is 116 cm³/mol. The Labute approximate surface area is 182 Å². The number of benzene rings is 2. The van der Waals surface area contributed by atoms with Crippen molar-refractivity contribution >= 4 is 5.91 Å². The van der Waals surface area contributed by atoms with E-state index in [1.54, 1.807) is 6.20 Å². The molecule has 31 heavy (non-hydrogen) atoms. The van der Waals surface area contributed by atoms with Crippen molar-refractivity contribution in [3.63, 3.8) is 0 Å². The van der Waals surface area contributed by atoms with Gasteiger partial charge in [-0.15, -0.1) is 0 Å². The van der Waals surface area contributed by atoms with Gasteiger partial charge in [-0.25, -0.2) is 0 Å². The molecular formula is C24H26N4O3. The van der Waals surface area contributed by atoms with Crippen molar-refractivity contribution in [1.82, 2.24) is 15.1 Å². The van der Waals surface area contributed by atoms with Crippen LogP contribution in [0.2, 0.25) is 0 Å². The maximum Gasteiger partial charge on any atom is 0.263 e. The van der Waals surface area contributed by atoms with Crippen LogP contribution in [-0.4, -0.2) is 55.2 Å². The van der Waals surface area contributed by atoms with E-state index in [1.165, 1.54) is 5.56 Å². The Bertz CT molecular complexity index is 976. The van der Waals surface area contributed by atoms with Gasteiger partial charge < -0.3 is 19.7 Å². The van der Waals surface area contributed by atoms with E-state index in [1.807, 2.05) is 53.4 Å². The number of fused-ring (bicyclic) bond motifs is 1. The molecule has 2 aliphatic rings. The first-order chi connectivity index (χ1) is 15.2. The number of ether oxygens (including phenoxy) is 2. The summed E-state index contributed by atoms with van der Waals surface area (Å²) in [4.78, 5) is 16.8. The molecule has 0 aromatic heterocycles. The first-order valence-electron chi connectivity index (χ1n) is 10.5. The number of nitrogens with zero attached hydrogens (tertiary/aromatic N) is 3. The number of carbonyl (C=O) groups excluding carboxylic acids is 1. The Hall–Kier alpha value is -3.50. The zero-order chi connectivity index (χ0) is 21.5. The third-order valence-corrected chi connectivity index (χ3v) is 5.47. The van der Waals surface area contributed by atoms with Crippen LogP contribution in [0.1, 0.15) is 11.1 Å². The summed E-state index contributed by atoms with van der Waals surface area (Å²) in [6.45, 7) is 4.88. The van der Waals surface area contributed by atoms with Crippen LogP contribution in [0.3, 0.4) is 0 Å². The average molecular weight is 418 g/mol. The average Bonchev–Trinajstić information content (AvgIpc) is 3.27. The minimum Gasteiger partial charge on any atom is -0.454 e. The largest absolute Gasteiger partial charge is 0.454 e. The molecule has 4 rings (SSSR count). The molecule has 2 aromatic rings. The van der Waals surface area contributed by atoms with Crippen LogP contribution in [0, 0.1) is 11.3 Å². The minimum atomic E-state index is -0.318. The molecule has 1 N–H and O–H groups in total. The summed E-state index contributed by atoms with van der Waals surface area (Å²) < 4.78 is 10.8. The zero-order valence-corrected chi connectivity index (χ0v) is 17.4. The summed E-state index contributed by atoms with van der Waals surface area (Å²) in [6, 6.07) is 18.1. The first kappa shape index (κ1) is 20.8. The zero-order valence-electron chi connectivity index (χ0n) is 17.4. The molecule has 2 aliphatic heterocycles. The van der Waals surface area contributed by atoms with Crippen LogP contribution < -0.4 is 14.8 Å². The summed E-state index contributed by atoms with van der Waals surface area (Å²) in [5, 5.41) is 12.3. The molecule has 1 amide bonds. The minimum absolute atomic E-state index is 0.150. The normalized spacial score (nSPS) is 16.1. The molecule has 1 saturated heterocycles. The van der Waals surface area contributed by atoms with Gasteiger partial charge in [0.2, 0.25) is 6.79 Å². The van der Waals surface area contributed by atoms with E-state index < -0.39 is 0 Å². The van der Waals surface area contributed by atoms with Crippen LogP contribution in [0.15, 0.2) is 60.3 Å². The van der Waals surface area contributed by atoms with E-state index in [2.05, 4.69) is 16.3 Å². The highest BCUT2D eigenvalue weighted by molar-refractivity contribution is 5.97. The van der Waals surface area contributed by atoms with Gasteiger partial charge >= 0.3 is 0 Å². The van der Waals surface area contributed by atoms with E-state index in [-0.39, 0.29) is 18.3 Å². The SMILES string of the molecule is N#CC(=CN1CCN(Cc2ccc3c(c2)OCO3)CC1)C(=O)NCCc1ccccc1. The fourth-order valence-corrected chi connectivity index (χ4v) is 3.73. The third kappa shape index (κ3) is 5.56. The van der Waals surface area contributed by atoms with Gasteiger partial charge in [-0.1, -0.05) is 36.4 Å². The molecular weight excluding hydrogens is 392 g/mol. The number of nitriles is 1. The van der Waals surface area contributed by atoms with Crippen LogP contribution >= 0.6 is 0 Å². The lowest BCUT2D eigenvalue weighted by Gasteiger charge is -2.34. The molecule has 7 nitrogen and oxygen atoms in total. The van der Waals surface area contributed by atoms with E-state index in [9.17, 15) is 10.1 Å². The molecule has 0 saturated carbocycles. The van der Waals surface area contributed by atoms with Crippen LogP contribution in [0.4, 0.5) is 0 Å². The smallest absolute Gasteiger partial charge is 0.263 e. The van der Waals surface area contributed by atoms with E-state index >= 15 is 0 Å². The van der Waals surface area contributed by atoms with Crippen LogP contribution in [-0.2, 0) is 17.8 Å². The van der Waals surface area contributed by atoms with Gasteiger partial charge in [0.05, 0.1) is 0 Å². The number of hydrogen-bond donors (Lipinski definition) is 1. The molecule has 0 bridgehead atoms. The fourth-order valence-electron chi connectivity index (χ4n) is 3.73. The van der Waals surface area contributed by atoms with Crippen molar-refractivity contribution in [2.24, 2.45) is 0 Å². The lowest BCUT2D eigenvalue weighted by atomic mass is 10.1. The maximum absolute atomic E-state index is 12.4. The molecule has 160 valence electrons. The van der Waals surface area contributed by atoms with E-state index in [0.29, 0.717) is 6.54 Å². The second-order valence-corrected chi connectivity index (χ2v) is 7.65. The molecule has 0 spiro atoms. The molecule has 0 aliphatic carbocycles. The Morgan fingerprint density at radius 1 is 1.03 bits per heavy atom. The van der Waals surface area contributed by atoms with E-state index in [4.69, 9.17) is 9.47 Å². The second kappa shape index (κ2) is 10.0. The molecule has 1 fully saturated rings. The highest BCUT2D eigenvalue weighted by atomic mass is 16.7. The standard InChI is InChI=1S/C24H26N4O3/c25-15-21(24(29)26-9-8-19-4-2-1-3-5-19)17-28-12-10-27(11-13-28)16-20-6-7-22-23(14-20)31-18-30-22/h1-7,14,17H,8-13,16,18H2,(H,26,29). The van der Waals surface area contributed by atoms with Gasteiger partial charge in [-0.2, -0.15) is 5.26 Å². The monoisotopic (exact) mass is 418 g/mol. The fraction of sp³-hybridized carbons (Fsp3) is 0.333. The van der Waals surface area contributed by atoms with Gasteiger partial charge in [0, 0.05) is 45.5 Å². The summed E-state index contributed by atoms with van der Waals surface area (Å²) in [6.07, 6.45) is 2.43. The van der Waals surface area contributed by atoms with Gasteiger partial charge in [0.1, 0.15) is 11.6 Å². The Kier molecular flexibility index (Phi) is 6.70. The second-order valence-electron chi connectivity index (χ2n) is 7.65. The lowest BCUT2D eigenvalue weighted by molar-refractivity contribution is -0.117. The van der Waals surface area contributed by atoms with Crippen molar-refractivity contribution in [2.75, 3.05) is 39.5 Å². The number of piperazine rings is 1. The Morgan fingerprint density at radius 2 is 1.81 bits per heavy atom. The predicted octanol–water partition coefficient (Wildman–Crippen LogP) is 2.30. The molecule has 0 radical (unpaired) electrons. The number of carbonyl (C=O) groups is 1. The number of rotatable bonds is 7. The van der Waals surface area contributed by atoms with Crippen molar-refractivity contribution < 1.29 is 14.3 Å². The summed E-state index contributed by atoms with van der Waals surface area (Å²) in [5.41, 5.74) is 2.49. The van der Waals surface area contributed by atoms with Gasteiger partial charge in [-0.05, 0) is 29.7 Å². The summed E-state index contributed by atoms with van der Waals surface area (Å²) in [5.74, 6) is 1.28. The summed E-state index contributed by atoms with van der Waals surface area (Å²) >= 11 is 0. The van der Waals surface area contributed by atoms with Gasteiger partial charge in [0.25, 0.3) is 5.91 Å². The number of hydrogen-bond acceptors (Lipinski definition) is 6. The van der Waals surface area contributed by atoms with Gasteiger partial charge in [0.15, 0.2) is 11.5 Å². The molecule has 2 aromatic carbocycles. The Balaban J connectivity index is 1.24. The number of amides is 1. The first-order valence-corrected chi connectivity index (χ1v) is 10.5. The van der Waals surface area contributed by atoms with Crippen LogP contribution in [0.25, 0.3) is 0 Å². The lowest BCUT2D eigenvalue weighted by Crippen LogP contribution is -2.44. The van der Waals surface area contributed by atoms with Crippen LogP contribution in [0.5, 0.6) is 11.5 Å². The summed E-state index contributed by atoms with van der Waals surface area (Å²) in [7, 11) is 0. The van der Waals surface area contributed by atoms with E-state index in [0.717, 1.165) is 56.2 Å². The highest BCUT2D eigenvalue weighted by Crippen LogP contribution is 2.32. The maximum atomic E-state index is 12.4. The van der Waals surface area contributed by atoms with Crippen molar-refractivity contribution in [1.29, 1.82) is 5.26 Å².